The molecule has 44 heavy (non-hydrogen) atoms. The third-order valence-electron chi connectivity index (χ3n) is 8.91. The molecule has 2 aliphatic heterocycles. The molecule has 0 saturated carbocycles. The zero-order valence-corrected chi connectivity index (χ0v) is 24.4. The van der Waals surface area contributed by atoms with Crippen molar-refractivity contribution in [1.29, 1.82) is 0 Å². The minimum absolute atomic E-state index is 0.245. The number of aliphatic imine (C=N–C) groups is 3. The highest BCUT2D eigenvalue weighted by molar-refractivity contribution is 6.13. The average Bonchev–Trinajstić information content (AvgIpc) is 3.12. The van der Waals surface area contributed by atoms with E-state index in [0.717, 1.165) is 53.6 Å². The van der Waals surface area contributed by atoms with E-state index in [1.54, 1.807) is 0 Å². The summed E-state index contributed by atoms with van der Waals surface area (Å²) in [6.07, 6.45) is 23.2. The fourth-order valence-corrected chi connectivity index (χ4v) is 6.50. The van der Waals surface area contributed by atoms with Crippen molar-refractivity contribution in [2.24, 2.45) is 20.9 Å². The number of rotatable bonds is 5. The lowest BCUT2D eigenvalue weighted by atomic mass is 9.77. The minimum atomic E-state index is -0.245. The van der Waals surface area contributed by atoms with E-state index in [9.17, 15) is 0 Å². The normalized spacial score (nSPS) is 23.2. The number of hydrogen-bond donors (Lipinski definition) is 2. The van der Waals surface area contributed by atoms with Gasteiger partial charge in [-0.05, 0) is 63.9 Å². The van der Waals surface area contributed by atoms with Gasteiger partial charge in [0.25, 0.3) is 0 Å². The predicted octanol–water partition coefficient (Wildman–Crippen LogP) is 7.82. The van der Waals surface area contributed by atoms with Crippen LogP contribution in [0.5, 0.6) is 0 Å². The molecule has 3 aromatic rings. The Morgan fingerprint density at radius 1 is 0.727 bits per heavy atom. The molecule has 0 amide bonds. The first kappa shape index (κ1) is 26.3. The van der Waals surface area contributed by atoms with Gasteiger partial charge in [-0.1, -0.05) is 115 Å². The molecule has 0 saturated heterocycles. The fourth-order valence-electron chi connectivity index (χ4n) is 6.50. The van der Waals surface area contributed by atoms with Crippen molar-refractivity contribution in [3.63, 3.8) is 0 Å². The quantitative estimate of drug-likeness (QED) is 0.328. The highest BCUT2D eigenvalue weighted by atomic mass is 15.2. The smallest absolute Gasteiger partial charge is 0.155 e. The molecule has 0 aromatic heterocycles. The third-order valence-corrected chi connectivity index (χ3v) is 8.91. The standard InChI is InChI=1S/C39H33N5/c1-2-7-26(8-3-1)27-11-14-30(15-12-27)37-42-38(31-18-16-29(17-19-31)36-40-23-6-24-41-36)44-39(43-37)33-21-22-35-32(25-33)20-13-28-9-4-5-10-34(28)35/h1-16,18,20-23,25,28,34,37H,17,19,24H2,(H,40,41)(H,42,43,44). The van der Waals surface area contributed by atoms with E-state index in [2.05, 4.69) is 131 Å². The van der Waals surface area contributed by atoms with Crippen LogP contribution >= 0.6 is 0 Å². The number of fused-ring (bicyclic) bond motifs is 3. The Balaban J connectivity index is 1.14. The molecule has 0 spiro atoms. The van der Waals surface area contributed by atoms with Crippen molar-refractivity contribution in [1.82, 2.24) is 10.6 Å². The summed E-state index contributed by atoms with van der Waals surface area (Å²) in [7, 11) is 0. The van der Waals surface area contributed by atoms with Gasteiger partial charge in [-0.25, -0.2) is 15.0 Å². The van der Waals surface area contributed by atoms with E-state index in [-0.39, 0.29) is 6.17 Å². The summed E-state index contributed by atoms with van der Waals surface area (Å²) >= 11 is 0. The van der Waals surface area contributed by atoms with Crippen LogP contribution in [0, 0.1) is 5.92 Å². The summed E-state index contributed by atoms with van der Waals surface area (Å²) in [6.45, 7) is 0.813. The summed E-state index contributed by atoms with van der Waals surface area (Å²) < 4.78 is 0. The zero-order chi connectivity index (χ0) is 29.3. The molecule has 8 rings (SSSR count). The molecule has 0 bridgehead atoms. The van der Waals surface area contributed by atoms with Crippen molar-refractivity contribution < 1.29 is 0 Å². The van der Waals surface area contributed by atoms with Crippen molar-refractivity contribution in [3.05, 3.63) is 161 Å². The topological polar surface area (TPSA) is 61.1 Å². The molecule has 0 radical (unpaired) electrons. The van der Waals surface area contributed by atoms with Gasteiger partial charge in [0.1, 0.15) is 17.8 Å². The molecule has 3 aliphatic carbocycles. The van der Waals surface area contributed by atoms with Gasteiger partial charge in [0, 0.05) is 30.1 Å². The fraction of sp³-hybridized carbons (Fsp3) is 0.154. The van der Waals surface area contributed by atoms with Crippen molar-refractivity contribution in [2.75, 3.05) is 6.54 Å². The number of nitrogens with one attached hydrogen (secondary N) is 2. The molecule has 3 atom stereocenters. The van der Waals surface area contributed by atoms with Gasteiger partial charge in [-0.2, -0.15) is 0 Å². The van der Waals surface area contributed by atoms with E-state index in [0.29, 0.717) is 11.8 Å². The molecule has 0 fully saturated rings. The maximum Gasteiger partial charge on any atom is 0.155 e. The molecule has 5 aliphatic rings. The van der Waals surface area contributed by atoms with E-state index >= 15 is 0 Å². The molecular weight excluding hydrogens is 538 g/mol. The molecule has 5 nitrogen and oxygen atoms in total. The average molecular weight is 572 g/mol. The Morgan fingerprint density at radius 2 is 1.52 bits per heavy atom. The Kier molecular flexibility index (Phi) is 6.84. The summed E-state index contributed by atoms with van der Waals surface area (Å²) in [5.41, 5.74) is 9.55. The molecule has 3 unspecified atom stereocenters. The van der Waals surface area contributed by atoms with Gasteiger partial charge >= 0.3 is 0 Å². The molecule has 2 heterocycles. The first-order valence-corrected chi connectivity index (χ1v) is 15.4. The van der Waals surface area contributed by atoms with E-state index in [4.69, 9.17) is 9.98 Å². The molecule has 2 N–H and O–H groups in total. The maximum atomic E-state index is 5.17. The lowest BCUT2D eigenvalue weighted by molar-refractivity contribution is 0.672. The van der Waals surface area contributed by atoms with Gasteiger partial charge in [-0.15, -0.1) is 0 Å². The molecule has 214 valence electrons. The zero-order valence-electron chi connectivity index (χ0n) is 24.4. The lowest BCUT2D eigenvalue weighted by Gasteiger charge is -2.29. The predicted molar refractivity (Wildman–Crippen MR) is 182 cm³/mol. The van der Waals surface area contributed by atoms with Crippen molar-refractivity contribution in [2.45, 2.75) is 24.9 Å². The van der Waals surface area contributed by atoms with Crippen LogP contribution in [0.25, 0.3) is 17.2 Å². The van der Waals surface area contributed by atoms with Gasteiger partial charge in [0.15, 0.2) is 5.84 Å². The minimum Gasteiger partial charge on any atom is -0.366 e. The Labute approximate surface area is 258 Å². The summed E-state index contributed by atoms with van der Waals surface area (Å²) in [6, 6.07) is 25.9. The first-order valence-electron chi connectivity index (χ1n) is 15.4. The Morgan fingerprint density at radius 3 is 2.34 bits per heavy atom. The third kappa shape index (κ3) is 5.11. The van der Waals surface area contributed by atoms with Crippen LogP contribution < -0.4 is 10.6 Å². The van der Waals surface area contributed by atoms with Gasteiger partial charge in [-0.3, -0.25) is 0 Å². The van der Waals surface area contributed by atoms with Crippen LogP contribution in [0.15, 0.2) is 154 Å². The second-order valence-corrected chi connectivity index (χ2v) is 11.7. The number of amidine groups is 3. The maximum absolute atomic E-state index is 5.17. The highest BCUT2D eigenvalue weighted by Gasteiger charge is 2.27. The van der Waals surface area contributed by atoms with Crippen LogP contribution in [-0.2, 0) is 0 Å². The van der Waals surface area contributed by atoms with Gasteiger partial charge in [0.2, 0.25) is 0 Å². The van der Waals surface area contributed by atoms with Crippen molar-refractivity contribution >= 4 is 23.6 Å². The van der Waals surface area contributed by atoms with Crippen LogP contribution in [0.2, 0.25) is 0 Å². The highest BCUT2D eigenvalue weighted by Crippen LogP contribution is 2.38. The molecule has 3 aromatic carbocycles. The second kappa shape index (κ2) is 11.4. The van der Waals surface area contributed by atoms with E-state index in [1.807, 2.05) is 18.3 Å². The van der Waals surface area contributed by atoms with E-state index in [1.165, 1.54) is 27.8 Å². The van der Waals surface area contributed by atoms with Crippen LogP contribution in [-0.4, -0.2) is 24.1 Å². The van der Waals surface area contributed by atoms with Gasteiger partial charge in [0.05, 0.1) is 0 Å². The lowest BCUT2D eigenvalue weighted by Crippen LogP contribution is -2.34. The monoisotopic (exact) mass is 571 g/mol. The summed E-state index contributed by atoms with van der Waals surface area (Å²) in [4.78, 5) is 14.8. The SMILES string of the molecule is C1=CC2C=Cc3cc(C4=NC(C5=CC=C(C6=NC=CCN6)CC5)=NC(c5ccc(-c6ccccc6)cc5)N4)ccc3C2C=C1. The van der Waals surface area contributed by atoms with Crippen molar-refractivity contribution in [3.8, 4) is 11.1 Å². The molecule has 5 heteroatoms. The van der Waals surface area contributed by atoms with Gasteiger partial charge < -0.3 is 10.6 Å². The Bertz CT molecular complexity index is 1880. The second-order valence-electron chi connectivity index (χ2n) is 11.7. The first-order chi connectivity index (χ1) is 21.8. The number of nitrogens with zero attached hydrogens (tertiary/aromatic N) is 3. The number of benzene rings is 3. The largest absolute Gasteiger partial charge is 0.366 e. The summed E-state index contributed by atoms with van der Waals surface area (Å²) in [5.74, 6) is 3.41. The number of hydrogen-bond acceptors (Lipinski definition) is 5. The molecular formula is C39H33N5. The van der Waals surface area contributed by atoms with Crippen LogP contribution in [0.4, 0.5) is 0 Å². The Hall–Kier alpha value is -5.29. The van der Waals surface area contributed by atoms with Crippen LogP contribution in [0.1, 0.15) is 47.2 Å². The van der Waals surface area contributed by atoms with E-state index < -0.39 is 0 Å². The number of allylic oxidation sites excluding steroid dienone is 7. The van der Waals surface area contributed by atoms with Crippen LogP contribution in [0.3, 0.4) is 0 Å². The summed E-state index contributed by atoms with van der Waals surface area (Å²) in [5, 5.41) is 7.06.